The van der Waals surface area contributed by atoms with E-state index in [-0.39, 0.29) is 17.6 Å². The predicted octanol–water partition coefficient (Wildman–Crippen LogP) is 3.88. The Hall–Kier alpha value is -2.76. The number of amides is 2. The highest BCUT2D eigenvalue weighted by Crippen LogP contribution is 2.21. The lowest BCUT2D eigenvalue weighted by Crippen LogP contribution is -2.43. The van der Waals surface area contributed by atoms with E-state index in [9.17, 15) is 14.0 Å². The van der Waals surface area contributed by atoms with Crippen LogP contribution in [0.25, 0.3) is 0 Å². The number of hydrogen-bond donors (Lipinski definition) is 1. The fourth-order valence-corrected chi connectivity index (χ4v) is 3.30. The Morgan fingerprint density at radius 1 is 1.27 bits per heavy atom. The van der Waals surface area contributed by atoms with Gasteiger partial charge in [0.25, 0.3) is 11.8 Å². The Morgan fingerprint density at radius 2 is 2.12 bits per heavy atom. The number of hydrogen-bond acceptors (Lipinski definition) is 3. The summed E-state index contributed by atoms with van der Waals surface area (Å²) in [6.07, 6.45) is 5.49. The first-order valence-electron chi connectivity index (χ1n) is 8.92. The minimum atomic E-state index is -0.427. The molecule has 1 aromatic heterocycles. The van der Waals surface area contributed by atoms with Gasteiger partial charge in [0.15, 0.2) is 0 Å². The van der Waals surface area contributed by atoms with Gasteiger partial charge in [-0.25, -0.2) is 4.39 Å². The second-order valence-corrected chi connectivity index (χ2v) is 6.45. The number of benzene rings is 1. The van der Waals surface area contributed by atoms with Gasteiger partial charge in [-0.15, -0.1) is 0 Å². The van der Waals surface area contributed by atoms with Crippen molar-refractivity contribution in [2.24, 2.45) is 0 Å². The normalized spacial score (nSPS) is 17.0. The van der Waals surface area contributed by atoms with Gasteiger partial charge in [-0.3, -0.25) is 14.6 Å². The number of likely N-dealkylation sites (tertiary alicyclic amines) is 1. The van der Waals surface area contributed by atoms with Gasteiger partial charge < -0.3 is 10.2 Å². The molecule has 0 aliphatic carbocycles. The molecule has 0 saturated carbocycles. The SMILES string of the molecule is CCC1CCCCN1C(=O)c1cc(C(=O)Nc2cccc(F)c2)ccn1. The third-order valence-corrected chi connectivity index (χ3v) is 4.68. The van der Waals surface area contributed by atoms with E-state index in [2.05, 4.69) is 17.2 Å². The van der Waals surface area contributed by atoms with Gasteiger partial charge in [-0.05, 0) is 56.0 Å². The number of pyridine rings is 1. The van der Waals surface area contributed by atoms with Crippen LogP contribution in [-0.2, 0) is 0 Å². The van der Waals surface area contributed by atoms with Crippen molar-refractivity contribution >= 4 is 17.5 Å². The molecule has 1 unspecified atom stereocenters. The van der Waals surface area contributed by atoms with Crippen molar-refractivity contribution in [3.05, 3.63) is 59.7 Å². The van der Waals surface area contributed by atoms with E-state index in [1.165, 1.54) is 30.5 Å². The molecule has 1 N–H and O–H groups in total. The van der Waals surface area contributed by atoms with Gasteiger partial charge >= 0.3 is 0 Å². The predicted molar refractivity (Wildman–Crippen MR) is 97.6 cm³/mol. The highest BCUT2D eigenvalue weighted by molar-refractivity contribution is 6.05. The topological polar surface area (TPSA) is 62.3 Å². The molecule has 6 heteroatoms. The fraction of sp³-hybridized carbons (Fsp3) is 0.350. The zero-order valence-electron chi connectivity index (χ0n) is 14.7. The third kappa shape index (κ3) is 4.07. The van der Waals surface area contributed by atoms with Crippen molar-refractivity contribution in [3.63, 3.8) is 0 Å². The monoisotopic (exact) mass is 355 g/mol. The van der Waals surface area contributed by atoms with Gasteiger partial charge in [-0.1, -0.05) is 13.0 Å². The zero-order valence-corrected chi connectivity index (χ0v) is 14.7. The van der Waals surface area contributed by atoms with Crippen LogP contribution in [0.15, 0.2) is 42.6 Å². The zero-order chi connectivity index (χ0) is 18.5. The number of aromatic nitrogens is 1. The lowest BCUT2D eigenvalue weighted by Gasteiger charge is -2.35. The molecule has 136 valence electrons. The molecule has 0 radical (unpaired) electrons. The Morgan fingerprint density at radius 3 is 2.88 bits per heavy atom. The van der Waals surface area contributed by atoms with Crippen LogP contribution in [0.1, 0.15) is 53.5 Å². The highest BCUT2D eigenvalue weighted by Gasteiger charge is 2.27. The van der Waals surface area contributed by atoms with Crippen molar-refractivity contribution in [1.29, 1.82) is 0 Å². The summed E-state index contributed by atoms with van der Waals surface area (Å²) in [5.74, 6) is -0.973. The van der Waals surface area contributed by atoms with Gasteiger partial charge in [0.2, 0.25) is 0 Å². The van der Waals surface area contributed by atoms with E-state index in [0.29, 0.717) is 11.3 Å². The molecular formula is C20H22FN3O2. The molecular weight excluding hydrogens is 333 g/mol. The summed E-state index contributed by atoms with van der Waals surface area (Å²) in [6, 6.07) is 8.94. The van der Waals surface area contributed by atoms with Crippen LogP contribution < -0.4 is 5.32 Å². The van der Waals surface area contributed by atoms with Gasteiger partial charge in [0.05, 0.1) is 0 Å². The number of carbonyl (C=O) groups is 2. The molecule has 1 atom stereocenters. The second-order valence-electron chi connectivity index (χ2n) is 6.45. The molecule has 0 bridgehead atoms. The summed E-state index contributed by atoms with van der Waals surface area (Å²) in [4.78, 5) is 31.3. The minimum Gasteiger partial charge on any atom is -0.334 e. The average Bonchev–Trinajstić information content (AvgIpc) is 2.67. The minimum absolute atomic E-state index is 0.142. The van der Waals surface area contributed by atoms with E-state index in [4.69, 9.17) is 0 Å². The van der Waals surface area contributed by atoms with Crippen molar-refractivity contribution in [1.82, 2.24) is 9.88 Å². The quantitative estimate of drug-likeness (QED) is 0.905. The number of nitrogens with one attached hydrogen (secondary N) is 1. The summed E-state index contributed by atoms with van der Waals surface area (Å²) in [7, 11) is 0. The third-order valence-electron chi connectivity index (χ3n) is 4.68. The number of nitrogens with zero attached hydrogens (tertiary/aromatic N) is 2. The second kappa shape index (κ2) is 8.08. The number of rotatable bonds is 4. The van der Waals surface area contributed by atoms with E-state index < -0.39 is 11.7 Å². The molecule has 2 heterocycles. The molecule has 1 aliphatic rings. The van der Waals surface area contributed by atoms with E-state index in [1.807, 2.05) is 4.90 Å². The molecule has 1 aliphatic heterocycles. The summed E-state index contributed by atoms with van der Waals surface area (Å²) in [5, 5.41) is 2.63. The summed E-state index contributed by atoms with van der Waals surface area (Å²) < 4.78 is 13.3. The Bertz CT molecular complexity index is 809. The van der Waals surface area contributed by atoms with Crippen LogP contribution in [0.2, 0.25) is 0 Å². The van der Waals surface area contributed by atoms with Crippen molar-refractivity contribution < 1.29 is 14.0 Å². The van der Waals surface area contributed by atoms with E-state index in [0.717, 1.165) is 32.2 Å². The molecule has 1 aromatic carbocycles. The molecule has 2 aromatic rings. The maximum absolute atomic E-state index is 13.3. The number of anilines is 1. The smallest absolute Gasteiger partial charge is 0.272 e. The first kappa shape index (κ1) is 18.0. The van der Waals surface area contributed by atoms with Gasteiger partial charge in [-0.2, -0.15) is 0 Å². The Balaban J connectivity index is 1.77. The van der Waals surface area contributed by atoms with Crippen molar-refractivity contribution in [2.45, 2.75) is 38.6 Å². The van der Waals surface area contributed by atoms with Crippen LogP contribution in [0, 0.1) is 5.82 Å². The van der Waals surface area contributed by atoms with Gasteiger partial charge in [0.1, 0.15) is 11.5 Å². The Kier molecular flexibility index (Phi) is 5.61. The average molecular weight is 355 g/mol. The Labute approximate surface area is 152 Å². The molecule has 3 rings (SSSR count). The molecule has 1 saturated heterocycles. The summed E-state index contributed by atoms with van der Waals surface area (Å²) in [6.45, 7) is 2.80. The lowest BCUT2D eigenvalue weighted by atomic mass is 9.99. The number of halogens is 1. The van der Waals surface area contributed by atoms with E-state index in [1.54, 1.807) is 12.1 Å². The van der Waals surface area contributed by atoms with Crippen molar-refractivity contribution in [2.75, 3.05) is 11.9 Å². The molecule has 26 heavy (non-hydrogen) atoms. The van der Waals surface area contributed by atoms with Crippen molar-refractivity contribution in [3.8, 4) is 0 Å². The van der Waals surface area contributed by atoms with E-state index >= 15 is 0 Å². The molecule has 5 nitrogen and oxygen atoms in total. The lowest BCUT2D eigenvalue weighted by molar-refractivity contribution is 0.0602. The van der Waals surface area contributed by atoms with Crippen LogP contribution >= 0.6 is 0 Å². The molecule has 0 spiro atoms. The van der Waals surface area contributed by atoms with Gasteiger partial charge in [0, 0.05) is 30.0 Å². The van der Waals surface area contributed by atoms with Crippen LogP contribution in [0.5, 0.6) is 0 Å². The molecule has 2 amide bonds. The summed E-state index contributed by atoms with van der Waals surface area (Å²) >= 11 is 0. The number of carbonyl (C=O) groups excluding carboxylic acids is 2. The van der Waals surface area contributed by atoms with Crippen LogP contribution in [0.3, 0.4) is 0 Å². The fourth-order valence-electron chi connectivity index (χ4n) is 3.30. The largest absolute Gasteiger partial charge is 0.334 e. The van der Waals surface area contributed by atoms with Crippen LogP contribution in [-0.4, -0.2) is 34.3 Å². The van der Waals surface area contributed by atoms with Crippen LogP contribution in [0.4, 0.5) is 10.1 Å². The maximum atomic E-state index is 13.3. The summed E-state index contributed by atoms with van der Waals surface area (Å²) in [5.41, 5.74) is 0.941. The first-order chi connectivity index (χ1) is 12.6. The number of piperidine rings is 1. The molecule has 1 fully saturated rings. The standard InChI is InChI=1S/C20H22FN3O2/c1-2-17-8-3-4-11-24(17)20(26)18-12-14(9-10-22-18)19(25)23-16-7-5-6-15(21)13-16/h5-7,9-10,12-13,17H,2-4,8,11H2,1H3,(H,23,25). The highest BCUT2D eigenvalue weighted by atomic mass is 19.1. The first-order valence-corrected chi connectivity index (χ1v) is 8.92. The maximum Gasteiger partial charge on any atom is 0.272 e.